The van der Waals surface area contributed by atoms with Crippen molar-refractivity contribution in [2.45, 2.75) is 6.54 Å². The van der Waals surface area contributed by atoms with Gasteiger partial charge < -0.3 is 15.5 Å². The number of rotatable bonds is 5. The molecule has 1 amide bonds. The maximum absolute atomic E-state index is 12.4. The quantitative estimate of drug-likeness (QED) is 0.602. The fourth-order valence-electron chi connectivity index (χ4n) is 2.47. The van der Waals surface area contributed by atoms with Gasteiger partial charge in [-0.05, 0) is 5.56 Å². The molecule has 0 saturated carbocycles. The van der Waals surface area contributed by atoms with Crippen molar-refractivity contribution < 1.29 is 19.8 Å². The average Bonchev–Trinajstić information content (AvgIpc) is 3.08. The van der Waals surface area contributed by atoms with Gasteiger partial charge in [0.25, 0.3) is 11.5 Å². The topological polar surface area (TPSA) is 126 Å². The molecule has 3 rings (SSSR count). The predicted octanol–water partition coefficient (Wildman–Crippen LogP) is 0.0643. The zero-order valence-corrected chi connectivity index (χ0v) is 12.9. The zero-order chi connectivity index (χ0) is 18.0. The van der Waals surface area contributed by atoms with Gasteiger partial charge in [0.1, 0.15) is 12.2 Å². The number of nitrogens with one attached hydrogen (secondary N) is 1. The van der Waals surface area contributed by atoms with E-state index in [0.717, 1.165) is 10.1 Å². The number of aromatic hydroxyl groups is 1. The Labute approximate surface area is 140 Å². The number of amides is 1. The van der Waals surface area contributed by atoms with Crippen LogP contribution in [0.3, 0.4) is 0 Å². The Morgan fingerprint density at radius 2 is 1.88 bits per heavy atom. The van der Waals surface area contributed by atoms with E-state index in [0.29, 0.717) is 5.65 Å². The SMILES string of the molecule is O=C(O)CNC(=O)c1c(O)n(Cc2ccccc2)c2ccnn2c1=O. The van der Waals surface area contributed by atoms with E-state index >= 15 is 0 Å². The van der Waals surface area contributed by atoms with E-state index in [4.69, 9.17) is 5.11 Å². The summed E-state index contributed by atoms with van der Waals surface area (Å²) < 4.78 is 2.34. The largest absolute Gasteiger partial charge is 0.494 e. The predicted molar refractivity (Wildman–Crippen MR) is 86.6 cm³/mol. The number of fused-ring (bicyclic) bond motifs is 1. The minimum atomic E-state index is -1.27. The molecule has 0 spiro atoms. The van der Waals surface area contributed by atoms with Gasteiger partial charge in [-0.25, -0.2) is 0 Å². The van der Waals surface area contributed by atoms with Crippen LogP contribution in [0.1, 0.15) is 15.9 Å². The molecule has 3 N–H and O–H groups in total. The minimum absolute atomic E-state index is 0.196. The normalized spacial score (nSPS) is 10.7. The Hall–Kier alpha value is -3.62. The molecule has 9 heteroatoms. The van der Waals surface area contributed by atoms with E-state index in [-0.39, 0.29) is 6.54 Å². The molecule has 0 fully saturated rings. The lowest BCUT2D eigenvalue weighted by atomic mass is 10.2. The second kappa shape index (κ2) is 6.48. The van der Waals surface area contributed by atoms with Crippen molar-refractivity contribution in [2.75, 3.05) is 6.54 Å². The Morgan fingerprint density at radius 1 is 1.16 bits per heavy atom. The van der Waals surface area contributed by atoms with Gasteiger partial charge in [0, 0.05) is 6.07 Å². The Kier molecular flexibility index (Phi) is 4.21. The molecule has 0 aliphatic heterocycles. The second-order valence-electron chi connectivity index (χ2n) is 5.25. The first kappa shape index (κ1) is 16.2. The van der Waals surface area contributed by atoms with Gasteiger partial charge in [-0.3, -0.25) is 19.0 Å². The van der Waals surface area contributed by atoms with Crippen LogP contribution in [-0.4, -0.2) is 42.8 Å². The van der Waals surface area contributed by atoms with E-state index in [1.165, 1.54) is 16.8 Å². The van der Waals surface area contributed by atoms with Crippen molar-refractivity contribution in [2.24, 2.45) is 0 Å². The number of benzene rings is 1. The third-order valence-electron chi connectivity index (χ3n) is 3.60. The number of aliphatic carboxylic acids is 1. The molecule has 9 nitrogen and oxygen atoms in total. The number of hydrogen-bond donors (Lipinski definition) is 3. The summed E-state index contributed by atoms with van der Waals surface area (Å²) in [4.78, 5) is 35.2. The highest BCUT2D eigenvalue weighted by atomic mass is 16.4. The standard InChI is InChI=1S/C16H14N4O5/c21-12(22)8-17-14(23)13-15(24)19(9-10-4-2-1-3-5-10)11-6-7-18-20(11)16(13)25/h1-7,24H,8-9H2,(H,17,23)(H,21,22). The highest BCUT2D eigenvalue weighted by Gasteiger charge is 2.23. The van der Waals surface area contributed by atoms with Crippen molar-refractivity contribution >= 4 is 17.5 Å². The number of hydrogen-bond acceptors (Lipinski definition) is 5. The Bertz CT molecular complexity index is 1010. The van der Waals surface area contributed by atoms with Crippen LogP contribution in [0.15, 0.2) is 47.4 Å². The fourth-order valence-corrected chi connectivity index (χ4v) is 2.47. The molecule has 1 aromatic carbocycles. The molecule has 0 unspecified atom stereocenters. The van der Waals surface area contributed by atoms with Gasteiger partial charge in [-0.15, -0.1) is 0 Å². The number of nitrogens with zero attached hydrogens (tertiary/aromatic N) is 3. The third-order valence-corrected chi connectivity index (χ3v) is 3.60. The van der Waals surface area contributed by atoms with Crippen LogP contribution in [0.2, 0.25) is 0 Å². The first-order chi connectivity index (χ1) is 12.0. The average molecular weight is 342 g/mol. The molecule has 0 bridgehead atoms. The van der Waals surface area contributed by atoms with Gasteiger partial charge >= 0.3 is 5.97 Å². The van der Waals surface area contributed by atoms with Gasteiger partial charge in [-0.2, -0.15) is 9.61 Å². The lowest BCUT2D eigenvalue weighted by Gasteiger charge is -2.14. The smallest absolute Gasteiger partial charge is 0.322 e. The molecule has 0 aliphatic carbocycles. The molecule has 0 radical (unpaired) electrons. The van der Waals surface area contributed by atoms with E-state index in [9.17, 15) is 19.5 Å². The summed E-state index contributed by atoms with van der Waals surface area (Å²) in [5.74, 6) is -2.80. The number of carboxylic acid groups (broad SMARTS) is 1. The molecule has 2 aromatic heterocycles. The molecular weight excluding hydrogens is 328 g/mol. The highest BCUT2D eigenvalue weighted by Crippen LogP contribution is 2.19. The summed E-state index contributed by atoms with van der Waals surface area (Å²) in [5, 5.41) is 25.1. The van der Waals surface area contributed by atoms with Crippen LogP contribution in [0.25, 0.3) is 5.65 Å². The lowest BCUT2D eigenvalue weighted by molar-refractivity contribution is -0.135. The van der Waals surface area contributed by atoms with Gasteiger partial charge in [0.05, 0.1) is 12.7 Å². The van der Waals surface area contributed by atoms with Crippen LogP contribution in [0.5, 0.6) is 5.88 Å². The van der Waals surface area contributed by atoms with Crippen LogP contribution < -0.4 is 10.9 Å². The van der Waals surface area contributed by atoms with Crippen molar-refractivity contribution in [1.29, 1.82) is 0 Å². The van der Waals surface area contributed by atoms with Crippen LogP contribution in [0.4, 0.5) is 0 Å². The molecule has 3 aromatic rings. The van der Waals surface area contributed by atoms with Crippen LogP contribution in [0, 0.1) is 0 Å². The number of carbonyl (C=O) groups is 2. The van der Waals surface area contributed by atoms with Gasteiger partial charge in [0.2, 0.25) is 5.88 Å². The molecule has 0 atom stereocenters. The molecule has 0 aliphatic rings. The zero-order valence-electron chi connectivity index (χ0n) is 12.9. The Balaban J connectivity index is 2.13. The molecule has 128 valence electrons. The number of carbonyl (C=O) groups excluding carboxylic acids is 1. The Morgan fingerprint density at radius 3 is 2.56 bits per heavy atom. The monoisotopic (exact) mass is 342 g/mol. The van der Waals surface area contributed by atoms with Crippen molar-refractivity contribution in [1.82, 2.24) is 19.5 Å². The summed E-state index contributed by atoms with van der Waals surface area (Å²) in [5.41, 5.74) is -0.249. The first-order valence-corrected chi connectivity index (χ1v) is 7.32. The number of aromatic nitrogens is 3. The molecular formula is C16H14N4O5. The maximum Gasteiger partial charge on any atom is 0.322 e. The van der Waals surface area contributed by atoms with E-state index in [1.54, 1.807) is 0 Å². The van der Waals surface area contributed by atoms with Gasteiger partial charge in [-0.1, -0.05) is 30.3 Å². The lowest BCUT2D eigenvalue weighted by Crippen LogP contribution is -2.36. The summed E-state index contributed by atoms with van der Waals surface area (Å²) in [6, 6.07) is 10.7. The highest BCUT2D eigenvalue weighted by molar-refractivity contribution is 5.97. The molecule has 0 saturated heterocycles. The second-order valence-corrected chi connectivity index (χ2v) is 5.25. The molecule has 2 heterocycles. The van der Waals surface area contributed by atoms with Crippen molar-refractivity contribution in [3.8, 4) is 5.88 Å². The minimum Gasteiger partial charge on any atom is -0.494 e. The van der Waals surface area contributed by atoms with Crippen molar-refractivity contribution in [3.05, 3.63) is 64.1 Å². The number of carboxylic acids is 1. The van der Waals surface area contributed by atoms with E-state index in [2.05, 4.69) is 10.4 Å². The summed E-state index contributed by atoms with van der Waals surface area (Å²) >= 11 is 0. The summed E-state index contributed by atoms with van der Waals surface area (Å²) in [7, 11) is 0. The summed E-state index contributed by atoms with van der Waals surface area (Å²) in [6.07, 6.45) is 1.37. The fraction of sp³-hybridized carbons (Fsp3) is 0.125. The van der Waals surface area contributed by atoms with Crippen LogP contribution >= 0.6 is 0 Å². The van der Waals surface area contributed by atoms with Gasteiger partial charge in [0.15, 0.2) is 5.56 Å². The maximum atomic E-state index is 12.4. The van der Waals surface area contributed by atoms with E-state index in [1.807, 2.05) is 30.3 Å². The van der Waals surface area contributed by atoms with E-state index < -0.39 is 35.4 Å². The van der Waals surface area contributed by atoms with Crippen molar-refractivity contribution in [3.63, 3.8) is 0 Å². The molecule has 25 heavy (non-hydrogen) atoms. The van der Waals surface area contributed by atoms with Crippen LogP contribution in [-0.2, 0) is 11.3 Å². The third kappa shape index (κ3) is 3.07. The first-order valence-electron chi connectivity index (χ1n) is 7.32. The summed E-state index contributed by atoms with van der Waals surface area (Å²) in [6.45, 7) is -0.477.